The second kappa shape index (κ2) is 7.93. The van der Waals surface area contributed by atoms with Crippen LogP contribution in [0.5, 0.6) is 5.75 Å². The Kier molecular flexibility index (Phi) is 5.68. The maximum Gasteiger partial charge on any atom is 0.350 e. The van der Waals surface area contributed by atoms with Crippen LogP contribution in [-0.4, -0.2) is 17.3 Å². The Labute approximate surface area is 133 Å². The molecule has 5 nitrogen and oxygen atoms in total. The summed E-state index contributed by atoms with van der Waals surface area (Å²) >= 11 is 0. The number of aryl methyl sites for hydroxylation is 1. The van der Waals surface area contributed by atoms with Crippen LogP contribution in [0.25, 0.3) is 0 Å². The predicted molar refractivity (Wildman–Crippen MR) is 82.8 cm³/mol. The average molecular weight is 317 g/mol. The Balaban J connectivity index is 2.08. The Morgan fingerprint density at radius 2 is 2.00 bits per heavy atom. The van der Waals surface area contributed by atoms with Crippen molar-refractivity contribution in [3.8, 4) is 5.75 Å². The number of rotatable bonds is 7. The quantitative estimate of drug-likeness (QED) is 0.628. The molecule has 23 heavy (non-hydrogen) atoms. The van der Waals surface area contributed by atoms with Gasteiger partial charge < -0.3 is 14.7 Å². The van der Waals surface area contributed by atoms with Gasteiger partial charge in [-0.3, -0.25) is 0 Å². The number of ether oxygens (including phenoxy) is 1. The molecular weight excluding hydrogens is 301 g/mol. The number of carboxylic acids is 1. The first kappa shape index (κ1) is 16.5. The number of para-hydroxylation sites is 1. The summed E-state index contributed by atoms with van der Waals surface area (Å²) in [5.41, 5.74) is 1.87. The molecule has 2 aromatic carbocycles. The van der Waals surface area contributed by atoms with Gasteiger partial charge in [-0.15, -0.1) is 0 Å². The van der Waals surface area contributed by atoms with Crippen molar-refractivity contribution in [2.45, 2.75) is 20.1 Å². The molecule has 0 aliphatic carbocycles. The summed E-state index contributed by atoms with van der Waals surface area (Å²) in [6.45, 7) is 1.92. The fraction of sp³-hybridized carbons (Fsp3) is 0.176. The van der Waals surface area contributed by atoms with Crippen molar-refractivity contribution in [1.82, 2.24) is 0 Å². The smallest absolute Gasteiger partial charge is 0.350 e. The van der Waals surface area contributed by atoms with E-state index >= 15 is 0 Å². The largest absolute Gasteiger partial charge is 0.489 e. The first-order valence-corrected chi connectivity index (χ1v) is 6.91. The summed E-state index contributed by atoms with van der Waals surface area (Å²) in [7, 11) is 0. The van der Waals surface area contributed by atoms with E-state index in [9.17, 15) is 9.18 Å². The zero-order chi connectivity index (χ0) is 16.7. The molecule has 2 aromatic rings. The number of carboxylic acid groups (broad SMARTS) is 1. The summed E-state index contributed by atoms with van der Waals surface area (Å²) in [6.07, 6.45) is 0.602. The molecule has 0 aliphatic rings. The number of halogens is 1. The third-order valence-corrected chi connectivity index (χ3v) is 3.14. The third-order valence-electron chi connectivity index (χ3n) is 3.14. The molecule has 0 aliphatic heterocycles. The number of benzene rings is 2. The zero-order valence-electron chi connectivity index (χ0n) is 12.5. The van der Waals surface area contributed by atoms with Crippen LogP contribution in [0.4, 0.5) is 4.39 Å². The molecule has 0 spiro atoms. The van der Waals surface area contributed by atoms with Crippen LogP contribution < -0.4 is 4.74 Å². The molecule has 0 unspecified atom stereocenters. The minimum absolute atomic E-state index is 0.171. The zero-order valence-corrected chi connectivity index (χ0v) is 12.5. The van der Waals surface area contributed by atoms with E-state index in [1.807, 2.05) is 31.2 Å². The lowest BCUT2D eigenvalue weighted by Gasteiger charge is -2.12. The number of hydrogen-bond donors (Lipinski definition) is 1. The van der Waals surface area contributed by atoms with Gasteiger partial charge in [0.15, 0.2) is 6.21 Å². The van der Waals surface area contributed by atoms with Crippen LogP contribution in [-0.2, 0) is 22.8 Å². The maximum absolute atomic E-state index is 13.9. The first-order chi connectivity index (χ1) is 11.1. The van der Waals surface area contributed by atoms with Gasteiger partial charge in [0.25, 0.3) is 0 Å². The highest BCUT2D eigenvalue weighted by Gasteiger charge is 2.10. The van der Waals surface area contributed by atoms with Crippen molar-refractivity contribution in [1.29, 1.82) is 0 Å². The van der Waals surface area contributed by atoms with Gasteiger partial charge in [-0.2, -0.15) is 0 Å². The molecule has 0 saturated heterocycles. The Bertz CT molecular complexity index is 715. The standard InChI is InChI=1S/C17H16FNO4/c1-12-5-2-3-8-16(12)22-10-13-6-4-7-15(18)14(13)11-23-19-9-17(20)21/h2-9H,10-11H2,1H3,(H,20,21)/b19-9-. The van der Waals surface area contributed by atoms with Crippen molar-refractivity contribution in [2.75, 3.05) is 0 Å². The van der Waals surface area contributed by atoms with Gasteiger partial charge in [0.2, 0.25) is 0 Å². The minimum atomic E-state index is -1.23. The van der Waals surface area contributed by atoms with E-state index in [0.29, 0.717) is 17.5 Å². The van der Waals surface area contributed by atoms with Crippen LogP contribution >= 0.6 is 0 Å². The van der Waals surface area contributed by atoms with Gasteiger partial charge in [0, 0.05) is 5.56 Å². The third kappa shape index (κ3) is 4.81. The van der Waals surface area contributed by atoms with E-state index in [4.69, 9.17) is 14.7 Å². The fourth-order valence-corrected chi connectivity index (χ4v) is 1.96. The number of nitrogens with zero attached hydrogens (tertiary/aromatic N) is 1. The van der Waals surface area contributed by atoms with Crippen LogP contribution in [0, 0.1) is 12.7 Å². The molecule has 6 heteroatoms. The molecule has 0 atom stereocenters. The van der Waals surface area contributed by atoms with Crippen molar-refractivity contribution in [3.05, 3.63) is 65.0 Å². The van der Waals surface area contributed by atoms with Crippen molar-refractivity contribution >= 4 is 12.2 Å². The lowest BCUT2D eigenvalue weighted by Crippen LogP contribution is -2.05. The van der Waals surface area contributed by atoms with Crippen LogP contribution in [0.2, 0.25) is 0 Å². The van der Waals surface area contributed by atoms with Gasteiger partial charge in [0.05, 0.1) is 0 Å². The Hall–Kier alpha value is -2.89. The van der Waals surface area contributed by atoms with Crippen LogP contribution in [0.3, 0.4) is 0 Å². The lowest BCUT2D eigenvalue weighted by atomic mass is 10.1. The lowest BCUT2D eigenvalue weighted by molar-refractivity contribution is -0.129. The molecule has 2 rings (SSSR count). The minimum Gasteiger partial charge on any atom is -0.489 e. The first-order valence-electron chi connectivity index (χ1n) is 6.91. The molecule has 0 fully saturated rings. The number of aliphatic carboxylic acids is 1. The van der Waals surface area contributed by atoms with E-state index in [1.165, 1.54) is 6.07 Å². The highest BCUT2D eigenvalue weighted by atomic mass is 19.1. The predicted octanol–water partition coefficient (Wildman–Crippen LogP) is 3.30. The maximum atomic E-state index is 13.9. The average Bonchev–Trinajstić information content (AvgIpc) is 2.52. The molecule has 0 saturated carbocycles. The summed E-state index contributed by atoms with van der Waals surface area (Å²) in [4.78, 5) is 15.1. The van der Waals surface area contributed by atoms with Gasteiger partial charge in [-0.25, -0.2) is 9.18 Å². The normalized spacial score (nSPS) is 10.7. The van der Waals surface area contributed by atoms with Crippen molar-refractivity contribution in [2.24, 2.45) is 5.16 Å². The fourth-order valence-electron chi connectivity index (χ4n) is 1.96. The summed E-state index contributed by atoms with van der Waals surface area (Å²) in [5, 5.41) is 11.7. The van der Waals surface area contributed by atoms with Crippen LogP contribution in [0.15, 0.2) is 47.6 Å². The van der Waals surface area contributed by atoms with Gasteiger partial charge in [-0.1, -0.05) is 35.5 Å². The summed E-state index contributed by atoms with van der Waals surface area (Å²) < 4.78 is 19.6. The van der Waals surface area contributed by atoms with Gasteiger partial charge in [-0.05, 0) is 30.2 Å². The van der Waals surface area contributed by atoms with Crippen molar-refractivity contribution < 1.29 is 23.9 Å². The van der Waals surface area contributed by atoms with Crippen molar-refractivity contribution in [3.63, 3.8) is 0 Å². The molecular formula is C17H16FNO4. The Morgan fingerprint density at radius 3 is 2.74 bits per heavy atom. The Morgan fingerprint density at radius 1 is 1.22 bits per heavy atom. The number of hydrogen-bond acceptors (Lipinski definition) is 4. The summed E-state index contributed by atoms with van der Waals surface area (Å²) in [5.74, 6) is -0.976. The molecule has 0 bridgehead atoms. The number of oxime groups is 1. The van der Waals surface area contributed by atoms with Gasteiger partial charge in [0.1, 0.15) is 24.8 Å². The van der Waals surface area contributed by atoms with Crippen LogP contribution in [0.1, 0.15) is 16.7 Å². The second-order valence-electron chi connectivity index (χ2n) is 4.78. The molecule has 1 N–H and O–H groups in total. The SMILES string of the molecule is Cc1ccccc1OCc1cccc(F)c1CO/N=C\C(=O)O. The van der Waals surface area contributed by atoms with E-state index in [1.54, 1.807) is 12.1 Å². The molecule has 0 radical (unpaired) electrons. The van der Waals surface area contributed by atoms with E-state index in [0.717, 1.165) is 5.56 Å². The molecule has 0 amide bonds. The molecule has 0 aromatic heterocycles. The molecule has 0 heterocycles. The topological polar surface area (TPSA) is 68.1 Å². The monoisotopic (exact) mass is 317 g/mol. The highest BCUT2D eigenvalue weighted by Crippen LogP contribution is 2.21. The highest BCUT2D eigenvalue weighted by molar-refractivity contribution is 6.21. The number of carbonyl (C=O) groups is 1. The van der Waals surface area contributed by atoms with E-state index in [2.05, 4.69) is 5.16 Å². The second-order valence-corrected chi connectivity index (χ2v) is 4.78. The summed E-state index contributed by atoms with van der Waals surface area (Å²) in [6, 6.07) is 12.1. The van der Waals surface area contributed by atoms with Gasteiger partial charge >= 0.3 is 5.97 Å². The van der Waals surface area contributed by atoms with E-state index < -0.39 is 11.8 Å². The molecule has 120 valence electrons. The van der Waals surface area contributed by atoms with E-state index in [-0.39, 0.29) is 18.8 Å².